The van der Waals surface area contributed by atoms with Gasteiger partial charge in [-0.25, -0.2) is 0 Å². The van der Waals surface area contributed by atoms with E-state index in [2.05, 4.69) is 21.2 Å². The Bertz CT molecular complexity index is 454. The second-order valence-electron chi connectivity index (χ2n) is 5.71. The molecule has 3 rings (SSSR count). The van der Waals surface area contributed by atoms with E-state index in [1.54, 1.807) is 0 Å². The Morgan fingerprint density at radius 3 is 2.50 bits per heavy atom. The van der Waals surface area contributed by atoms with Crippen molar-refractivity contribution in [3.05, 3.63) is 28.2 Å². The molecule has 1 aromatic carbocycles. The van der Waals surface area contributed by atoms with Crippen LogP contribution in [0.25, 0.3) is 0 Å². The number of anilines is 1. The van der Waals surface area contributed by atoms with Gasteiger partial charge in [0, 0.05) is 26.2 Å². The molecule has 2 heterocycles. The summed E-state index contributed by atoms with van der Waals surface area (Å²) < 4.78 is 0. The fourth-order valence-corrected chi connectivity index (χ4v) is 3.28. The largest absolute Gasteiger partial charge is 0.368 e. The third-order valence-electron chi connectivity index (χ3n) is 4.36. The lowest BCUT2D eigenvalue weighted by atomic mass is 9.99. The van der Waals surface area contributed by atoms with Crippen LogP contribution in [-0.2, 0) is 0 Å². The number of nitrogens with one attached hydrogen (secondary N) is 1. The van der Waals surface area contributed by atoms with Crippen LogP contribution in [0.1, 0.15) is 6.42 Å². The van der Waals surface area contributed by atoms with Crippen LogP contribution in [0.4, 0.5) is 5.69 Å². The lowest BCUT2D eigenvalue weighted by Gasteiger charge is -2.38. The molecule has 2 aliphatic rings. The Kier molecular flexibility index (Phi) is 4.72. The summed E-state index contributed by atoms with van der Waals surface area (Å²) in [6.45, 7) is 7.93. The zero-order chi connectivity index (χ0) is 13.9. The van der Waals surface area contributed by atoms with Crippen molar-refractivity contribution in [1.82, 2.24) is 10.2 Å². The van der Waals surface area contributed by atoms with Crippen LogP contribution in [0.3, 0.4) is 0 Å². The first-order valence-electron chi connectivity index (χ1n) is 7.36. The summed E-state index contributed by atoms with van der Waals surface area (Å²) in [5, 5.41) is 4.66. The minimum absolute atomic E-state index is 0.643. The molecular weight excluding hydrogens is 293 g/mol. The number of hydrogen-bond acceptors (Lipinski definition) is 3. The Balaban J connectivity index is 1.51. The third kappa shape index (κ3) is 3.22. The molecule has 0 atom stereocenters. The average molecular weight is 314 g/mol. The van der Waals surface area contributed by atoms with Gasteiger partial charge in [-0.05, 0) is 44.1 Å². The maximum Gasteiger partial charge on any atom is 0.0825 e. The minimum atomic E-state index is 0.643. The number of nitrogens with zero attached hydrogens (tertiary/aromatic N) is 2. The molecule has 2 saturated heterocycles. The standard InChI is InChI=1S/C15H21Cl2N3/c16-13-2-1-3-14(15(13)17)20-8-6-19(7-9-20)5-4-12-10-18-11-12/h1-3,12,18H,4-11H2. The zero-order valence-electron chi connectivity index (χ0n) is 11.6. The van der Waals surface area contributed by atoms with Crippen LogP contribution in [0.15, 0.2) is 18.2 Å². The van der Waals surface area contributed by atoms with Gasteiger partial charge in [0.05, 0.1) is 15.7 Å². The first-order chi connectivity index (χ1) is 9.74. The smallest absolute Gasteiger partial charge is 0.0825 e. The summed E-state index contributed by atoms with van der Waals surface area (Å²) in [6, 6.07) is 5.87. The van der Waals surface area contributed by atoms with Crippen molar-refractivity contribution in [2.45, 2.75) is 6.42 Å². The van der Waals surface area contributed by atoms with E-state index in [9.17, 15) is 0 Å². The highest BCUT2D eigenvalue weighted by Crippen LogP contribution is 2.32. The molecule has 3 nitrogen and oxygen atoms in total. The first kappa shape index (κ1) is 14.5. The van der Waals surface area contributed by atoms with E-state index in [-0.39, 0.29) is 0 Å². The predicted molar refractivity (Wildman–Crippen MR) is 86.1 cm³/mol. The van der Waals surface area contributed by atoms with Crippen LogP contribution in [-0.4, -0.2) is 50.7 Å². The highest BCUT2D eigenvalue weighted by molar-refractivity contribution is 6.43. The van der Waals surface area contributed by atoms with Gasteiger partial charge in [0.25, 0.3) is 0 Å². The molecule has 0 saturated carbocycles. The van der Waals surface area contributed by atoms with Crippen molar-refractivity contribution in [3.63, 3.8) is 0 Å². The van der Waals surface area contributed by atoms with Crippen LogP contribution < -0.4 is 10.2 Å². The van der Waals surface area contributed by atoms with Gasteiger partial charge in [0.15, 0.2) is 0 Å². The lowest BCUT2D eigenvalue weighted by molar-refractivity contribution is 0.216. The molecular formula is C15H21Cl2N3. The number of halogens is 2. The van der Waals surface area contributed by atoms with Crippen LogP contribution in [0, 0.1) is 5.92 Å². The van der Waals surface area contributed by atoms with Gasteiger partial charge < -0.3 is 10.2 Å². The van der Waals surface area contributed by atoms with Crippen molar-refractivity contribution in [1.29, 1.82) is 0 Å². The van der Waals surface area contributed by atoms with Crippen molar-refractivity contribution in [2.75, 3.05) is 50.7 Å². The molecule has 0 aliphatic carbocycles. The second kappa shape index (κ2) is 6.52. The summed E-state index contributed by atoms with van der Waals surface area (Å²) in [5.41, 5.74) is 1.07. The fraction of sp³-hybridized carbons (Fsp3) is 0.600. The van der Waals surface area contributed by atoms with Gasteiger partial charge in [-0.15, -0.1) is 0 Å². The number of benzene rings is 1. The topological polar surface area (TPSA) is 18.5 Å². The Morgan fingerprint density at radius 2 is 1.85 bits per heavy atom. The zero-order valence-corrected chi connectivity index (χ0v) is 13.1. The predicted octanol–water partition coefficient (Wildman–Crippen LogP) is 2.72. The van der Waals surface area contributed by atoms with Crippen molar-refractivity contribution in [3.8, 4) is 0 Å². The Morgan fingerprint density at radius 1 is 1.10 bits per heavy atom. The molecule has 2 fully saturated rings. The number of hydrogen-bond donors (Lipinski definition) is 1. The van der Waals surface area contributed by atoms with E-state index >= 15 is 0 Å². The first-order valence-corrected chi connectivity index (χ1v) is 8.11. The fourth-order valence-electron chi connectivity index (χ4n) is 2.87. The van der Waals surface area contributed by atoms with Gasteiger partial charge in [-0.3, -0.25) is 4.90 Å². The molecule has 0 amide bonds. The molecule has 0 radical (unpaired) electrons. The number of piperazine rings is 1. The van der Waals surface area contributed by atoms with Crippen molar-refractivity contribution < 1.29 is 0 Å². The van der Waals surface area contributed by atoms with E-state index in [4.69, 9.17) is 23.2 Å². The normalized spacial score (nSPS) is 21.0. The van der Waals surface area contributed by atoms with Gasteiger partial charge >= 0.3 is 0 Å². The molecule has 0 unspecified atom stereocenters. The molecule has 110 valence electrons. The van der Waals surface area contributed by atoms with E-state index in [0.29, 0.717) is 10.0 Å². The summed E-state index contributed by atoms with van der Waals surface area (Å²) in [5.74, 6) is 0.899. The molecule has 1 N–H and O–H groups in total. The molecule has 20 heavy (non-hydrogen) atoms. The Labute approximate surface area is 130 Å². The third-order valence-corrected chi connectivity index (χ3v) is 5.17. The van der Waals surface area contributed by atoms with Crippen molar-refractivity contribution in [2.24, 2.45) is 5.92 Å². The van der Waals surface area contributed by atoms with E-state index in [1.807, 2.05) is 12.1 Å². The SMILES string of the molecule is Clc1cccc(N2CCN(CCC3CNC3)CC2)c1Cl. The van der Waals surface area contributed by atoms with Crippen molar-refractivity contribution >= 4 is 28.9 Å². The second-order valence-corrected chi connectivity index (χ2v) is 6.50. The maximum absolute atomic E-state index is 6.30. The van der Waals surface area contributed by atoms with Crippen LogP contribution in [0.5, 0.6) is 0 Å². The molecule has 5 heteroatoms. The molecule has 0 bridgehead atoms. The van der Waals surface area contributed by atoms with E-state index in [0.717, 1.165) is 37.8 Å². The number of rotatable bonds is 4. The van der Waals surface area contributed by atoms with Gasteiger partial charge in [-0.2, -0.15) is 0 Å². The average Bonchev–Trinajstić information content (AvgIpc) is 2.41. The molecule has 0 aromatic heterocycles. The van der Waals surface area contributed by atoms with Gasteiger partial charge in [-0.1, -0.05) is 29.3 Å². The summed E-state index contributed by atoms with van der Waals surface area (Å²) in [7, 11) is 0. The molecule has 1 aromatic rings. The lowest BCUT2D eigenvalue weighted by Crippen LogP contribution is -2.49. The Hall–Kier alpha value is -0.480. The van der Waals surface area contributed by atoms with Gasteiger partial charge in [0.1, 0.15) is 0 Å². The van der Waals surface area contributed by atoms with Crippen LogP contribution in [0.2, 0.25) is 10.0 Å². The van der Waals surface area contributed by atoms with E-state index in [1.165, 1.54) is 26.1 Å². The molecule has 0 spiro atoms. The van der Waals surface area contributed by atoms with E-state index < -0.39 is 0 Å². The quantitative estimate of drug-likeness (QED) is 0.922. The highest BCUT2D eigenvalue weighted by atomic mass is 35.5. The monoisotopic (exact) mass is 313 g/mol. The minimum Gasteiger partial charge on any atom is -0.368 e. The highest BCUT2D eigenvalue weighted by Gasteiger charge is 2.22. The maximum atomic E-state index is 6.30. The summed E-state index contributed by atoms with van der Waals surface area (Å²) >= 11 is 12.4. The van der Waals surface area contributed by atoms with Gasteiger partial charge in [0.2, 0.25) is 0 Å². The summed E-state index contributed by atoms with van der Waals surface area (Å²) in [6.07, 6.45) is 1.32. The molecule has 2 aliphatic heterocycles. The summed E-state index contributed by atoms with van der Waals surface area (Å²) in [4.78, 5) is 4.91. The van der Waals surface area contributed by atoms with Crippen LogP contribution >= 0.6 is 23.2 Å².